The first kappa shape index (κ1) is 22.4. The quantitative estimate of drug-likeness (QED) is 0.708. The average molecular weight is 464 g/mol. The van der Waals surface area contributed by atoms with E-state index in [1.54, 1.807) is 13.0 Å². The van der Waals surface area contributed by atoms with Gasteiger partial charge in [-0.05, 0) is 63.5 Å². The molecule has 4 heterocycles. The maximum Gasteiger partial charge on any atom is 0.261 e. The third-order valence-corrected chi connectivity index (χ3v) is 8.99. The summed E-state index contributed by atoms with van der Waals surface area (Å²) in [6.07, 6.45) is 3.95. The highest BCUT2D eigenvalue weighted by Crippen LogP contribution is 2.48. The summed E-state index contributed by atoms with van der Waals surface area (Å²) in [5.41, 5.74) is 1.25. The van der Waals surface area contributed by atoms with E-state index in [9.17, 15) is 13.2 Å². The number of rotatable bonds is 5. The molecule has 168 valence electrons. The molecule has 31 heavy (non-hydrogen) atoms. The van der Waals surface area contributed by atoms with Crippen LogP contribution >= 0.6 is 11.3 Å². The van der Waals surface area contributed by atoms with Crippen molar-refractivity contribution in [1.29, 1.82) is 0 Å². The van der Waals surface area contributed by atoms with Gasteiger partial charge in [0.2, 0.25) is 0 Å². The van der Waals surface area contributed by atoms with Gasteiger partial charge in [-0.2, -0.15) is 0 Å². The minimum atomic E-state index is -3.28. The molecule has 0 saturated carbocycles. The molecule has 0 aromatic carbocycles. The second-order valence-electron chi connectivity index (χ2n) is 8.82. The van der Waals surface area contributed by atoms with Crippen LogP contribution in [0.25, 0.3) is 0 Å². The first-order chi connectivity index (χ1) is 14.6. The number of carbonyl (C=O) groups excluding carboxylic acids is 1. The zero-order chi connectivity index (χ0) is 22.3. The molecule has 0 unspecified atom stereocenters. The number of piperidine rings is 1. The average Bonchev–Trinajstić information content (AvgIpc) is 3.16. The maximum absolute atomic E-state index is 12.9. The molecule has 0 radical (unpaired) electrons. The molecular formula is C22H29N3O4S2. The van der Waals surface area contributed by atoms with E-state index in [0.29, 0.717) is 10.6 Å². The van der Waals surface area contributed by atoms with Gasteiger partial charge in [-0.25, -0.2) is 8.42 Å². The third kappa shape index (κ3) is 4.55. The van der Waals surface area contributed by atoms with Gasteiger partial charge in [-0.15, -0.1) is 11.3 Å². The van der Waals surface area contributed by atoms with Crippen molar-refractivity contribution in [2.45, 2.75) is 62.7 Å². The Bertz CT molecular complexity index is 1070. The molecule has 9 heteroatoms. The normalized spacial score (nSPS) is 19.7. The van der Waals surface area contributed by atoms with Crippen LogP contribution in [0.4, 0.5) is 0 Å². The zero-order valence-corrected chi connectivity index (χ0v) is 19.8. The monoisotopic (exact) mass is 463 g/mol. The first-order valence-electron chi connectivity index (χ1n) is 10.6. The molecule has 7 nitrogen and oxygen atoms in total. The predicted molar refractivity (Wildman–Crippen MR) is 120 cm³/mol. The van der Waals surface area contributed by atoms with Gasteiger partial charge >= 0.3 is 0 Å². The van der Waals surface area contributed by atoms with Crippen molar-refractivity contribution in [3.8, 4) is 0 Å². The molecule has 0 bridgehead atoms. The number of nitrogens with zero attached hydrogens (tertiary/aromatic N) is 1. The molecule has 1 saturated heterocycles. The smallest absolute Gasteiger partial charge is 0.261 e. The lowest BCUT2D eigenvalue weighted by molar-refractivity contribution is -0.167. The van der Waals surface area contributed by atoms with E-state index in [-0.39, 0.29) is 34.3 Å². The van der Waals surface area contributed by atoms with Gasteiger partial charge in [-0.1, -0.05) is 6.92 Å². The summed E-state index contributed by atoms with van der Waals surface area (Å²) in [5, 5.41) is 6.32. The number of fused-ring (bicyclic) bond motifs is 2. The van der Waals surface area contributed by atoms with E-state index >= 15 is 0 Å². The fourth-order valence-corrected chi connectivity index (χ4v) is 6.51. The minimum Gasteiger partial charge on any atom is -0.363 e. The molecule has 2 aliphatic heterocycles. The Balaban J connectivity index is 1.49. The first-order valence-corrected chi connectivity index (χ1v) is 13.1. The molecule has 0 aliphatic carbocycles. The third-order valence-electron chi connectivity index (χ3n) is 5.91. The number of thiophene rings is 1. The van der Waals surface area contributed by atoms with Crippen LogP contribution in [0.2, 0.25) is 0 Å². The van der Waals surface area contributed by atoms with Gasteiger partial charge in [0, 0.05) is 17.5 Å². The molecule has 1 spiro atoms. The summed E-state index contributed by atoms with van der Waals surface area (Å²) in [5.74, 6) is -0.111. The van der Waals surface area contributed by atoms with Crippen LogP contribution in [0.3, 0.4) is 0 Å². The predicted octanol–water partition coefficient (Wildman–Crippen LogP) is 2.80. The van der Waals surface area contributed by atoms with Crippen LogP contribution < -0.4 is 10.6 Å². The van der Waals surface area contributed by atoms with E-state index < -0.39 is 9.84 Å². The number of aromatic nitrogens is 1. The molecule has 2 N–H and O–H groups in total. The number of ether oxygens (including phenoxy) is 1. The largest absolute Gasteiger partial charge is 0.363 e. The Morgan fingerprint density at radius 1 is 1.29 bits per heavy atom. The Labute approximate surface area is 187 Å². The van der Waals surface area contributed by atoms with E-state index in [2.05, 4.69) is 29.5 Å². The summed E-state index contributed by atoms with van der Waals surface area (Å²) < 4.78 is 30.4. The van der Waals surface area contributed by atoms with E-state index in [4.69, 9.17) is 4.74 Å². The van der Waals surface area contributed by atoms with Crippen molar-refractivity contribution < 1.29 is 17.9 Å². The second kappa shape index (κ2) is 8.27. The second-order valence-corrected chi connectivity index (χ2v) is 12.1. The molecule has 2 aliphatic rings. The Morgan fingerprint density at radius 3 is 2.68 bits per heavy atom. The summed E-state index contributed by atoms with van der Waals surface area (Å²) in [4.78, 5) is 19.1. The summed E-state index contributed by atoms with van der Waals surface area (Å²) in [6, 6.07) is 5.19. The molecule has 4 rings (SSSR count). The number of hydrogen-bond donors (Lipinski definition) is 2. The summed E-state index contributed by atoms with van der Waals surface area (Å²) in [7, 11) is -3.28. The van der Waals surface area contributed by atoms with E-state index in [1.807, 2.05) is 6.07 Å². The van der Waals surface area contributed by atoms with Gasteiger partial charge in [-0.3, -0.25) is 9.78 Å². The van der Waals surface area contributed by atoms with E-state index in [1.165, 1.54) is 34.0 Å². The van der Waals surface area contributed by atoms with Crippen LogP contribution in [0.1, 0.15) is 59.4 Å². The molecule has 0 atom stereocenters. The molecule has 1 fully saturated rings. The highest BCUT2D eigenvalue weighted by atomic mass is 32.2. The lowest BCUT2D eigenvalue weighted by atomic mass is 9.81. The SMILES string of the molecule is CCS(=O)(=O)c1ccc(CNC(=O)c2cc3c(s2)C2(CCNCC2)OC(C)(C)C3)nc1. The van der Waals surface area contributed by atoms with Crippen LogP contribution in [-0.2, 0) is 33.1 Å². The van der Waals surface area contributed by atoms with Crippen molar-refractivity contribution in [1.82, 2.24) is 15.6 Å². The topological polar surface area (TPSA) is 97.4 Å². The van der Waals surface area contributed by atoms with Crippen molar-refractivity contribution in [2.24, 2.45) is 0 Å². The van der Waals surface area contributed by atoms with Gasteiger partial charge in [0.25, 0.3) is 5.91 Å². The van der Waals surface area contributed by atoms with Gasteiger partial charge in [0.15, 0.2) is 9.84 Å². The Morgan fingerprint density at radius 2 is 2.03 bits per heavy atom. The molecule has 1 amide bonds. The number of nitrogens with one attached hydrogen (secondary N) is 2. The van der Waals surface area contributed by atoms with Gasteiger partial charge < -0.3 is 15.4 Å². The van der Waals surface area contributed by atoms with Crippen molar-refractivity contribution in [2.75, 3.05) is 18.8 Å². The zero-order valence-electron chi connectivity index (χ0n) is 18.2. The number of amides is 1. The lowest BCUT2D eigenvalue weighted by Gasteiger charge is -2.47. The minimum absolute atomic E-state index is 0.0336. The van der Waals surface area contributed by atoms with Gasteiger partial charge in [0.05, 0.1) is 33.4 Å². The summed E-state index contributed by atoms with van der Waals surface area (Å²) in [6.45, 7) is 7.89. The van der Waals surface area contributed by atoms with E-state index in [0.717, 1.165) is 32.4 Å². The highest BCUT2D eigenvalue weighted by molar-refractivity contribution is 7.91. The highest BCUT2D eigenvalue weighted by Gasteiger charge is 2.46. The molecular weight excluding hydrogens is 434 g/mol. The number of sulfone groups is 1. The van der Waals surface area contributed by atoms with Crippen LogP contribution in [-0.4, -0.2) is 43.8 Å². The number of hydrogen-bond acceptors (Lipinski definition) is 7. The Kier molecular flexibility index (Phi) is 5.97. The summed E-state index contributed by atoms with van der Waals surface area (Å²) >= 11 is 1.53. The standard InChI is InChI=1S/C22H29N3O4S2/c1-4-31(27,28)17-6-5-16(24-14-17)13-25-20(26)18-11-15-12-21(2,3)29-22(19(15)30-18)7-9-23-10-8-22/h5-6,11,14,23H,4,7-10,12-13H2,1-3H3,(H,25,26). The molecule has 2 aromatic heterocycles. The maximum atomic E-state index is 12.9. The van der Waals surface area contributed by atoms with Crippen LogP contribution in [0.15, 0.2) is 29.3 Å². The van der Waals surface area contributed by atoms with Crippen LogP contribution in [0.5, 0.6) is 0 Å². The van der Waals surface area contributed by atoms with Crippen LogP contribution in [0, 0.1) is 0 Å². The number of pyridine rings is 1. The van der Waals surface area contributed by atoms with Gasteiger partial charge in [0.1, 0.15) is 5.60 Å². The fourth-order valence-electron chi connectivity index (χ4n) is 4.41. The van der Waals surface area contributed by atoms with Crippen molar-refractivity contribution >= 4 is 27.1 Å². The molecule has 2 aromatic rings. The lowest BCUT2D eigenvalue weighted by Crippen LogP contribution is -2.50. The van der Waals surface area contributed by atoms with Crippen molar-refractivity contribution in [3.05, 3.63) is 45.4 Å². The number of carbonyl (C=O) groups is 1. The Hall–Kier alpha value is -1.81. The van der Waals surface area contributed by atoms with Crippen molar-refractivity contribution in [3.63, 3.8) is 0 Å². The fraction of sp³-hybridized carbons (Fsp3) is 0.545.